The maximum absolute atomic E-state index is 11.6. The molecule has 0 saturated carbocycles. The van der Waals surface area contributed by atoms with Crippen LogP contribution in [0.2, 0.25) is 0 Å². The molecule has 0 radical (unpaired) electrons. The molecule has 15 heavy (non-hydrogen) atoms. The molecule has 86 valence electrons. The van der Waals surface area contributed by atoms with Crippen LogP contribution in [0.15, 0.2) is 0 Å². The van der Waals surface area contributed by atoms with Crippen LogP contribution in [0, 0.1) is 0 Å². The molecule has 5 N–H and O–H groups in total. The number of nitrogens with two attached hydrogens (primary N) is 1. The van der Waals surface area contributed by atoms with Crippen LogP contribution in [0.25, 0.3) is 0 Å². The molecule has 3 atom stereocenters. The summed E-state index contributed by atoms with van der Waals surface area (Å²) in [5, 5.41) is 14.7. The van der Waals surface area contributed by atoms with E-state index in [4.69, 9.17) is 5.73 Å². The quantitative estimate of drug-likeness (QED) is 0.439. The van der Waals surface area contributed by atoms with Crippen molar-refractivity contribution in [3.8, 4) is 0 Å². The maximum atomic E-state index is 11.6. The average Bonchev–Trinajstić information content (AvgIpc) is 2.65. The molecule has 1 unspecified atom stereocenters. The third-order valence-corrected chi connectivity index (χ3v) is 2.46. The molecule has 0 bridgehead atoms. The summed E-state index contributed by atoms with van der Waals surface area (Å²) >= 11 is 0. The number of hydrogen-bond donors (Lipinski definition) is 4. The first-order valence-electron chi connectivity index (χ1n) is 5.03. The summed E-state index contributed by atoms with van der Waals surface area (Å²) in [4.78, 5) is 22.5. The van der Waals surface area contributed by atoms with Crippen molar-refractivity contribution in [3.05, 3.63) is 0 Å². The summed E-state index contributed by atoms with van der Waals surface area (Å²) in [5.41, 5.74) is 5.05. The highest BCUT2D eigenvalue weighted by Crippen LogP contribution is 2.05. The lowest BCUT2D eigenvalue weighted by Gasteiger charge is -2.20. The average molecular weight is 215 g/mol. The van der Waals surface area contributed by atoms with Gasteiger partial charge in [-0.1, -0.05) is 0 Å². The van der Waals surface area contributed by atoms with Gasteiger partial charge < -0.3 is 21.5 Å². The number of amides is 2. The van der Waals surface area contributed by atoms with Crippen molar-refractivity contribution in [3.63, 3.8) is 0 Å². The van der Waals surface area contributed by atoms with Gasteiger partial charge in [-0.25, -0.2) is 0 Å². The molecule has 0 aromatic rings. The van der Waals surface area contributed by atoms with E-state index in [2.05, 4.69) is 10.6 Å². The molecule has 0 aromatic heterocycles. The fourth-order valence-corrected chi connectivity index (χ4v) is 1.59. The second kappa shape index (κ2) is 5.09. The van der Waals surface area contributed by atoms with Crippen LogP contribution >= 0.6 is 0 Å². The SMILES string of the molecule is C[C@@H](O)[C@H](NC(=O)C1CCCN1)C(N)=O. The highest BCUT2D eigenvalue weighted by Gasteiger charge is 2.28. The number of primary amides is 1. The number of hydrogen-bond acceptors (Lipinski definition) is 4. The molecule has 1 heterocycles. The Morgan fingerprint density at radius 2 is 2.27 bits per heavy atom. The van der Waals surface area contributed by atoms with Gasteiger partial charge in [0.15, 0.2) is 0 Å². The van der Waals surface area contributed by atoms with Gasteiger partial charge in [0.05, 0.1) is 12.1 Å². The zero-order valence-corrected chi connectivity index (χ0v) is 8.69. The van der Waals surface area contributed by atoms with E-state index in [0.29, 0.717) is 0 Å². The Balaban J connectivity index is 2.50. The maximum Gasteiger partial charge on any atom is 0.242 e. The van der Waals surface area contributed by atoms with E-state index < -0.39 is 18.1 Å². The smallest absolute Gasteiger partial charge is 0.242 e. The van der Waals surface area contributed by atoms with Crippen molar-refractivity contribution in [2.75, 3.05) is 6.54 Å². The largest absolute Gasteiger partial charge is 0.391 e. The van der Waals surface area contributed by atoms with Gasteiger partial charge in [0.1, 0.15) is 6.04 Å². The number of carbonyl (C=O) groups excluding carboxylic acids is 2. The Kier molecular flexibility index (Phi) is 4.05. The molecular weight excluding hydrogens is 198 g/mol. The highest BCUT2D eigenvalue weighted by atomic mass is 16.3. The van der Waals surface area contributed by atoms with Gasteiger partial charge >= 0.3 is 0 Å². The molecule has 1 saturated heterocycles. The zero-order valence-electron chi connectivity index (χ0n) is 8.69. The molecule has 0 spiro atoms. The van der Waals surface area contributed by atoms with Gasteiger partial charge in [-0.15, -0.1) is 0 Å². The summed E-state index contributed by atoms with van der Waals surface area (Å²) in [6, 6.07) is -1.29. The van der Waals surface area contributed by atoms with Crippen molar-refractivity contribution in [1.82, 2.24) is 10.6 Å². The van der Waals surface area contributed by atoms with Gasteiger partial charge in [0.2, 0.25) is 11.8 Å². The van der Waals surface area contributed by atoms with Crippen LogP contribution in [0.5, 0.6) is 0 Å². The second-order valence-corrected chi connectivity index (χ2v) is 3.78. The number of carbonyl (C=O) groups is 2. The molecule has 1 fully saturated rings. The fraction of sp³-hybridized carbons (Fsp3) is 0.778. The Hall–Kier alpha value is -1.14. The van der Waals surface area contributed by atoms with E-state index >= 15 is 0 Å². The van der Waals surface area contributed by atoms with Crippen molar-refractivity contribution < 1.29 is 14.7 Å². The van der Waals surface area contributed by atoms with Crippen LogP contribution in [-0.4, -0.2) is 41.7 Å². The fourth-order valence-electron chi connectivity index (χ4n) is 1.59. The van der Waals surface area contributed by atoms with Gasteiger partial charge in [-0.3, -0.25) is 9.59 Å². The molecule has 0 aromatic carbocycles. The Bertz CT molecular complexity index is 249. The van der Waals surface area contributed by atoms with Crippen LogP contribution < -0.4 is 16.4 Å². The first-order valence-corrected chi connectivity index (χ1v) is 5.03. The van der Waals surface area contributed by atoms with Gasteiger partial charge in [-0.2, -0.15) is 0 Å². The van der Waals surface area contributed by atoms with Crippen LogP contribution in [0.3, 0.4) is 0 Å². The van der Waals surface area contributed by atoms with Gasteiger partial charge in [0.25, 0.3) is 0 Å². The topological polar surface area (TPSA) is 104 Å². The van der Waals surface area contributed by atoms with Crippen molar-refractivity contribution in [2.45, 2.75) is 38.0 Å². The molecular formula is C9H17N3O3. The van der Waals surface area contributed by atoms with E-state index in [1.807, 2.05) is 0 Å². The molecule has 1 aliphatic rings. The summed E-state index contributed by atoms with van der Waals surface area (Å²) in [5.74, 6) is -1.01. The van der Waals surface area contributed by atoms with Crippen molar-refractivity contribution in [1.29, 1.82) is 0 Å². The third-order valence-electron chi connectivity index (χ3n) is 2.46. The molecule has 0 aliphatic carbocycles. The van der Waals surface area contributed by atoms with Crippen molar-refractivity contribution in [2.24, 2.45) is 5.73 Å². The minimum Gasteiger partial charge on any atom is -0.391 e. The zero-order chi connectivity index (χ0) is 11.4. The van der Waals surface area contributed by atoms with E-state index in [1.165, 1.54) is 6.92 Å². The number of nitrogens with one attached hydrogen (secondary N) is 2. The normalized spacial score (nSPS) is 24.5. The first kappa shape index (κ1) is 11.9. The molecule has 2 amide bonds. The van der Waals surface area contributed by atoms with E-state index in [-0.39, 0.29) is 11.9 Å². The summed E-state index contributed by atoms with van der Waals surface area (Å²) < 4.78 is 0. The van der Waals surface area contributed by atoms with Gasteiger partial charge in [-0.05, 0) is 26.3 Å². The van der Waals surface area contributed by atoms with E-state index in [1.54, 1.807) is 0 Å². The van der Waals surface area contributed by atoms with E-state index in [9.17, 15) is 14.7 Å². The lowest BCUT2D eigenvalue weighted by molar-refractivity contribution is -0.130. The Labute approximate surface area is 88.2 Å². The number of rotatable bonds is 4. The highest BCUT2D eigenvalue weighted by molar-refractivity contribution is 5.89. The molecule has 6 nitrogen and oxygen atoms in total. The lowest BCUT2D eigenvalue weighted by Crippen LogP contribution is -2.54. The van der Waals surface area contributed by atoms with Gasteiger partial charge in [0, 0.05) is 0 Å². The monoisotopic (exact) mass is 215 g/mol. The van der Waals surface area contributed by atoms with Crippen LogP contribution in [-0.2, 0) is 9.59 Å². The predicted octanol–water partition coefficient (Wildman–Crippen LogP) is -1.91. The van der Waals surface area contributed by atoms with Crippen LogP contribution in [0.1, 0.15) is 19.8 Å². The molecule has 1 rings (SSSR count). The second-order valence-electron chi connectivity index (χ2n) is 3.78. The number of aliphatic hydroxyl groups is 1. The molecule has 6 heteroatoms. The molecule has 1 aliphatic heterocycles. The summed E-state index contributed by atoms with van der Waals surface area (Å²) in [6.07, 6.45) is 0.707. The Morgan fingerprint density at radius 1 is 1.60 bits per heavy atom. The number of aliphatic hydroxyl groups excluding tert-OH is 1. The predicted molar refractivity (Wildman–Crippen MR) is 53.8 cm³/mol. The summed E-state index contributed by atoms with van der Waals surface area (Å²) in [7, 11) is 0. The van der Waals surface area contributed by atoms with Crippen molar-refractivity contribution >= 4 is 11.8 Å². The third kappa shape index (κ3) is 3.17. The van der Waals surface area contributed by atoms with E-state index in [0.717, 1.165) is 19.4 Å². The minimum absolute atomic E-state index is 0.273. The standard InChI is InChI=1S/C9H17N3O3/c1-5(13)7(8(10)14)12-9(15)6-3-2-4-11-6/h5-7,11,13H,2-4H2,1H3,(H2,10,14)(H,12,15)/t5-,6?,7+/m1/s1. The van der Waals surface area contributed by atoms with Crippen LogP contribution in [0.4, 0.5) is 0 Å². The lowest BCUT2D eigenvalue weighted by atomic mass is 10.1. The minimum atomic E-state index is -1.01. The summed E-state index contributed by atoms with van der Waals surface area (Å²) in [6.45, 7) is 2.21. The first-order chi connectivity index (χ1) is 7.02. The Morgan fingerprint density at radius 3 is 2.67 bits per heavy atom.